The molecule has 1 N–H and O–H groups in total. The fourth-order valence-corrected chi connectivity index (χ4v) is 1.41. The van der Waals surface area contributed by atoms with E-state index in [0.717, 1.165) is 6.42 Å². The molecule has 1 unspecified atom stereocenters. The first-order chi connectivity index (χ1) is 6.38. The molecule has 0 saturated heterocycles. The number of allylic oxidation sites excluding steroid dienone is 1. The van der Waals surface area contributed by atoms with Crippen LogP contribution in [0.1, 0.15) is 24.8 Å². The van der Waals surface area contributed by atoms with Crippen molar-refractivity contribution in [1.82, 2.24) is 0 Å². The van der Waals surface area contributed by atoms with Crippen LogP contribution in [0.5, 0.6) is 0 Å². The zero-order chi connectivity index (χ0) is 9.52. The van der Waals surface area contributed by atoms with Crippen LogP contribution in [-0.4, -0.2) is 11.7 Å². The first-order valence-electron chi connectivity index (χ1n) is 4.71. The highest BCUT2D eigenvalue weighted by molar-refractivity contribution is 5.23. The maximum absolute atomic E-state index is 8.67. The van der Waals surface area contributed by atoms with Crippen LogP contribution in [0.25, 0.3) is 0 Å². The molecule has 1 aromatic carbocycles. The topological polar surface area (TPSA) is 20.2 Å². The maximum Gasteiger partial charge on any atom is 0.0612 e. The van der Waals surface area contributed by atoms with Crippen molar-refractivity contribution in [1.29, 1.82) is 0 Å². The second kappa shape index (κ2) is 5.55. The van der Waals surface area contributed by atoms with E-state index in [0.29, 0.717) is 5.92 Å². The predicted molar refractivity (Wildman–Crippen MR) is 55.7 cm³/mol. The molecule has 1 rings (SSSR count). The van der Waals surface area contributed by atoms with E-state index in [-0.39, 0.29) is 6.61 Å². The zero-order valence-electron chi connectivity index (χ0n) is 7.98. The Morgan fingerprint density at radius 2 is 2.00 bits per heavy atom. The molecule has 70 valence electrons. The van der Waals surface area contributed by atoms with Gasteiger partial charge >= 0.3 is 0 Å². The summed E-state index contributed by atoms with van der Waals surface area (Å²) in [6.45, 7) is 2.28. The third kappa shape index (κ3) is 3.03. The van der Waals surface area contributed by atoms with Crippen LogP contribution in [0, 0.1) is 0 Å². The van der Waals surface area contributed by atoms with Gasteiger partial charge in [0, 0.05) is 5.92 Å². The summed E-state index contributed by atoms with van der Waals surface area (Å²) in [7, 11) is 0. The predicted octanol–water partition coefficient (Wildman–Crippen LogP) is 2.73. The van der Waals surface area contributed by atoms with Crippen LogP contribution >= 0.6 is 0 Å². The molecule has 13 heavy (non-hydrogen) atoms. The van der Waals surface area contributed by atoms with Crippen molar-refractivity contribution < 1.29 is 5.11 Å². The lowest BCUT2D eigenvalue weighted by atomic mass is 9.96. The largest absolute Gasteiger partial charge is 0.392 e. The third-order valence-corrected chi connectivity index (χ3v) is 2.14. The minimum absolute atomic E-state index is 0.128. The van der Waals surface area contributed by atoms with Crippen LogP contribution in [0.3, 0.4) is 0 Å². The molecule has 0 aromatic heterocycles. The van der Waals surface area contributed by atoms with E-state index < -0.39 is 0 Å². The average molecular weight is 176 g/mol. The second-order valence-electron chi connectivity index (χ2n) is 3.04. The van der Waals surface area contributed by atoms with Gasteiger partial charge in [0.05, 0.1) is 6.61 Å². The molecule has 1 nitrogen and oxygen atoms in total. The van der Waals surface area contributed by atoms with Gasteiger partial charge in [-0.25, -0.2) is 0 Å². The average Bonchev–Trinajstić information content (AvgIpc) is 2.21. The quantitative estimate of drug-likeness (QED) is 0.699. The van der Waals surface area contributed by atoms with Gasteiger partial charge < -0.3 is 5.11 Å². The molecular formula is C12H16O. The molecule has 1 aromatic rings. The molecule has 0 aliphatic rings. The molecule has 0 bridgehead atoms. The van der Waals surface area contributed by atoms with Crippen molar-refractivity contribution in [3.63, 3.8) is 0 Å². The molecule has 0 saturated carbocycles. The van der Waals surface area contributed by atoms with Crippen molar-refractivity contribution in [2.24, 2.45) is 0 Å². The Kier molecular flexibility index (Phi) is 4.27. The summed E-state index contributed by atoms with van der Waals surface area (Å²) < 4.78 is 0. The van der Waals surface area contributed by atoms with E-state index in [2.05, 4.69) is 25.1 Å². The van der Waals surface area contributed by atoms with Gasteiger partial charge in [-0.3, -0.25) is 0 Å². The van der Waals surface area contributed by atoms with Gasteiger partial charge in [0.1, 0.15) is 0 Å². The maximum atomic E-state index is 8.67. The highest BCUT2D eigenvalue weighted by Gasteiger charge is 2.02. The number of aliphatic hydroxyl groups excluding tert-OH is 1. The van der Waals surface area contributed by atoms with Crippen molar-refractivity contribution >= 4 is 0 Å². The van der Waals surface area contributed by atoms with Crippen LogP contribution < -0.4 is 0 Å². The van der Waals surface area contributed by atoms with E-state index in [4.69, 9.17) is 5.11 Å². The Labute approximate surface area is 79.7 Å². The number of hydrogen-bond acceptors (Lipinski definition) is 1. The van der Waals surface area contributed by atoms with Crippen LogP contribution in [0.2, 0.25) is 0 Å². The molecule has 0 radical (unpaired) electrons. The molecule has 0 aliphatic heterocycles. The summed E-state index contributed by atoms with van der Waals surface area (Å²) in [4.78, 5) is 0. The molecule has 0 spiro atoms. The Morgan fingerprint density at radius 3 is 2.54 bits per heavy atom. The normalized spacial score (nSPS) is 13.4. The highest BCUT2D eigenvalue weighted by atomic mass is 16.2. The van der Waals surface area contributed by atoms with Crippen LogP contribution in [0.4, 0.5) is 0 Å². The summed E-state index contributed by atoms with van der Waals surface area (Å²) in [6, 6.07) is 10.4. The number of rotatable bonds is 4. The zero-order valence-corrected chi connectivity index (χ0v) is 7.98. The van der Waals surface area contributed by atoms with E-state index in [1.807, 2.05) is 18.2 Å². The van der Waals surface area contributed by atoms with E-state index in [9.17, 15) is 0 Å². The first-order valence-corrected chi connectivity index (χ1v) is 4.71. The molecule has 1 atom stereocenters. The summed E-state index contributed by atoms with van der Waals surface area (Å²) in [5.41, 5.74) is 1.31. The molecule has 0 fully saturated rings. The Balaban J connectivity index is 2.73. The lowest BCUT2D eigenvalue weighted by Gasteiger charge is -2.09. The van der Waals surface area contributed by atoms with Gasteiger partial charge in [0.25, 0.3) is 0 Å². The number of benzene rings is 1. The van der Waals surface area contributed by atoms with Gasteiger partial charge in [-0.2, -0.15) is 0 Å². The number of aliphatic hydroxyl groups is 1. The number of hydrogen-bond donors (Lipinski definition) is 1. The Bertz CT molecular complexity index is 251. The highest BCUT2D eigenvalue weighted by Crippen LogP contribution is 2.19. The van der Waals surface area contributed by atoms with Crippen molar-refractivity contribution in [2.75, 3.05) is 6.61 Å². The standard InChI is InChI=1S/C12H16O/c1-2-11(9-6-10-13)12-7-4-3-5-8-12/h3-9,11,13H,2,10H2,1H3/b9-6+. The SMILES string of the molecule is CCC(/C=C/CO)c1ccccc1. The summed E-state index contributed by atoms with van der Waals surface area (Å²) >= 11 is 0. The second-order valence-corrected chi connectivity index (χ2v) is 3.04. The monoisotopic (exact) mass is 176 g/mol. The van der Waals surface area contributed by atoms with E-state index in [1.54, 1.807) is 6.08 Å². The summed E-state index contributed by atoms with van der Waals surface area (Å²) in [5, 5.41) is 8.67. The van der Waals surface area contributed by atoms with Crippen LogP contribution in [-0.2, 0) is 0 Å². The van der Waals surface area contributed by atoms with Crippen molar-refractivity contribution in [3.8, 4) is 0 Å². The minimum Gasteiger partial charge on any atom is -0.392 e. The van der Waals surface area contributed by atoms with Crippen molar-refractivity contribution in [3.05, 3.63) is 48.0 Å². The first kappa shape index (κ1) is 10.0. The van der Waals surface area contributed by atoms with Crippen molar-refractivity contribution in [2.45, 2.75) is 19.3 Å². The molecule has 0 amide bonds. The molecule has 0 heterocycles. The lowest BCUT2D eigenvalue weighted by molar-refractivity contribution is 0.342. The van der Waals surface area contributed by atoms with Gasteiger partial charge in [-0.1, -0.05) is 49.4 Å². The minimum atomic E-state index is 0.128. The summed E-state index contributed by atoms with van der Waals surface area (Å²) in [5.74, 6) is 0.438. The van der Waals surface area contributed by atoms with Gasteiger partial charge in [-0.15, -0.1) is 0 Å². The molecule has 0 aliphatic carbocycles. The van der Waals surface area contributed by atoms with E-state index >= 15 is 0 Å². The molecule has 1 heteroatoms. The van der Waals surface area contributed by atoms with E-state index in [1.165, 1.54) is 5.56 Å². The third-order valence-electron chi connectivity index (χ3n) is 2.14. The molecular weight excluding hydrogens is 160 g/mol. The van der Waals surface area contributed by atoms with Gasteiger partial charge in [0.15, 0.2) is 0 Å². The smallest absolute Gasteiger partial charge is 0.0612 e. The van der Waals surface area contributed by atoms with Crippen LogP contribution in [0.15, 0.2) is 42.5 Å². The summed E-state index contributed by atoms with van der Waals surface area (Å²) in [6.07, 6.45) is 4.94. The fourth-order valence-electron chi connectivity index (χ4n) is 1.41. The fraction of sp³-hybridized carbons (Fsp3) is 0.333. The Morgan fingerprint density at radius 1 is 1.31 bits per heavy atom. The lowest BCUT2D eigenvalue weighted by Crippen LogP contribution is -1.92. The Hall–Kier alpha value is -1.08. The van der Waals surface area contributed by atoms with Gasteiger partial charge in [0.2, 0.25) is 0 Å². The van der Waals surface area contributed by atoms with Gasteiger partial charge in [-0.05, 0) is 12.0 Å².